The minimum atomic E-state index is -0.137. The molecule has 2 heterocycles. The molecule has 4 nitrogen and oxygen atoms in total. The van der Waals surface area contributed by atoms with Gasteiger partial charge in [-0.15, -0.1) is 11.3 Å². The number of anilines is 1. The monoisotopic (exact) mass is 319 g/mol. The Morgan fingerprint density at radius 1 is 1.65 bits per heavy atom. The van der Waals surface area contributed by atoms with E-state index in [4.69, 9.17) is 9.47 Å². The van der Waals surface area contributed by atoms with Gasteiger partial charge in [0.1, 0.15) is 6.61 Å². The van der Waals surface area contributed by atoms with Gasteiger partial charge in [0, 0.05) is 17.4 Å². The molecule has 6 heteroatoms. The van der Waals surface area contributed by atoms with Gasteiger partial charge in [-0.2, -0.15) is 0 Å². The molecule has 0 aliphatic carbocycles. The smallest absolute Gasteiger partial charge is 0.250 e. The zero-order valence-electron chi connectivity index (χ0n) is 9.28. The maximum absolute atomic E-state index is 11.5. The van der Waals surface area contributed by atoms with Crippen LogP contribution < -0.4 is 5.32 Å². The van der Waals surface area contributed by atoms with Crippen LogP contribution in [0.5, 0.6) is 0 Å². The van der Waals surface area contributed by atoms with E-state index in [9.17, 15) is 4.79 Å². The lowest BCUT2D eigenvalue weighted by molar-refractivity contribution is -0.121. The first-order valence-electron chi connectivity index (χ1n) is 5.46. The summed E-state index contributed by atoms with van der Waals surface area (Å²) in [5.74, 6) is -0.137. The van der Waals surface area contributed by atoms with Crippen molar-refractivity contribution in [2.45, 2.75) is 18.9 Å². The third kappa shape index (κ3) is 4.06. The average molecular weight is 320 g/mol. The highest BCUT2D eigenvalue weighted by atomic mass is 79.9. The van der Waals surface area contributed by atoms with Crippen molar-refractivity contribution in [3.63, 3.8) is 0 Å². The molecule has 0 bridgehead atoms. The molecule has 1 amide bonds. The van der Waals surface area contributed by atoms with E-state index in [1.54, 1.807) is 0 Å². The lowest BCUT2D eigenvalue weighted by atomic mass is 10.2. The number of carbonyl (C=O) groups is 1. The van der Waals surface area contributed by atoms with E-state index in [2.05, 4.69) is 21.2 Å². The number of nitrogens with one attached hydrogen (secondary N) is 1. The van der Waals surface area contributed by atoms with Crippen LogP contribution in [0.1, 0.15) is 12.8 Å². The Bertz CT molecular complexity index is 377. The number of hydrogen-bond acceptors (Lipinski definition) is 4. The average Bonchev–Trinajstić information content (AvgIpc) is 2.92. The highest BCUT2D eigenvalue weighted by molar-refractivity contribution is 9.10. The summed E-state index contributed by atoms with van der Waals surface area (Å²) in [5, 5.41) is 6.57. The molecule has 1 saturated heterocycles. The third-order valence-electron chi connectivity index (χ3n) is 2.45. The van der Waals surface area contributed by atoms with Crippen LogP contribution in [0.15, 0.2) is 15.2 Å². The molecule has 1 aromatic rings. The fourth-order valence-electron chi connectivity index (χ4n) is 1.62. The topological polar surface area (TPSA) is 47.6 Å². The molecule has 1 atom stereocenters. The quantitative estimate of drug-likeness (QED) is 0.907. The minimum absolute atomic E-state index is 0.0716. The summed E-state index contributed by atoms with van der Waals surface area (Å²) in [5.41, 5.74) is 0.792. The van der Waals surface area contributed by atoms with Crippen molar-refractivity contribution in [1.82, 2.24) is 0 Å². The van der Waals surface area contributed by atoms with E-state index in [-0.39, 0.29) is 18.6 Å². The number of hydrogen-bond donors (Lipinski definition) is 1. The molecule has 1 N–H and O–H groups in total. The minimum Gasteiger partial charge on any atom is -0.376 e. The maximum atomic E-state index is 11.5. The van der Waals surface area contributed by atoms with Crippen molar-refractivity contribution in [1.29, 1.82) is 0 Å². The number of amides is 1. The van der Waals surface area contributed by atoms with Crippen molar-refractivity contribution in [3.05, 3.63) is 15.2 Å². The van der Waals surface area contributed by atoms with Crippen LogP contribution in [-0.2, 0) is 14.3 Å². The Labute approximate surface area is 112 Å². The SMILES string of the molecule is O=C(COCC1CCCO1)Nc1cscc1Br. The van der Waals surface area contributed by atoms with E-state index >= 15 is 0 Å². The molecule has 1 aromatic heterocycles. The molecule has 2 rings (SSSR count). The van der Waals surface area contributed by atoms with Crippen molar-refractivity contribution in [2.75, 3.05) is 25.1 Å². The van der Waals surface area contributed by atoms with Crippen LogP contribution in [0, 0.1) is 0 Å². The normalized spacial score (nSPS) is 19.5. The molecule has 17 heavy (non-hydrogen) atoms. The first kappa shape index (κ1) is 13.0. The highest BCUT2D eigenvalue weighted by Gasteiger charge is 2.16. The van der Waals surface area contributed by atoms with Gasteiger partial charge < -0.3 is 14.8 Å². The second-order valence-electron chi connectivity index (χ2n) is 3.83. The Kier molecular flexibility index (Phi) is 4.97. The predicted octanol–water partition coefficient (Wildman–Crippen LogP) is 2.64. The Hall–Kier alpha value is -0.430. The molecule has 0 spiro atoms. The van der Waals surface area contributed by atoms with Gasteiger partial charge in [0.05, 0.1) is 22.9 Å². The molecule has 1 unspecified atom stereocenters. The summed E-state index contributed by atoms with van der Waals surface area (Å²) in [4.78, 5) is 11.5. The number of carbonyl (C=O) groups excluding carboxylic acids is 1. The maximum Gasteiger partial charge on any atom is 0.250 e. The Morgan fingerprint density at radius 3 is 3.18 bits per heavy atom. The van der Waals surface area contributed by atoms with Crippen LogP contribution in [0.25, 0.3) is 0 Å². The fraction of sp³-hybridized carbons (Fsp3) is 0.545. The lowest BCUT2D eigenvalue weighted by Gasteiger charge is -2.09. The molecule has 0 aromatic carbocycles. The molecule has 1 aliphatic rings. The second-order valence-corrected chi connectivity index (χ2v) is 5.43. The summed E-state index contributed by atoms with van der Waals surface area (Å²) in [6, 6.07) is 0. The zero-order chi connectivity index (χ0) is 12.1. The molecule has 0 saturated carbocycles. The van der Waals surface area contributed by atoms with E-state index in [1.807, 2.05) is 10.8 Å². The summed E-state index contributed by atoms with van der Waals surface area (Å²) >= 11 is 4.88. The van der Waals surface area contributed by atoms with Gasteiger partial charge in [-0.05, 0) is 28.8 Å². The number of thiophene rings is 1. The molecular weight excluding hydrogens is 306 g/mol. The van der Waals surface area contributed by atoms with E-state index in [0.29, 0.717) is 6.61 Å². The van der Waals surface area contributed by atoms with E-state index in [1.165, 1.54) is 11.3 Å². The van der Waals surface area contributed by atoms with Gasteiger partial charge in [0.2, 0.25) is 5.91 Å². The second kappa shape index (κ2) is 6.49. The van der Waals surface area contributed by atoms with E-state index < -0.39 is 0 Å². The first-order valence-corrected chi connectivity index (χ1v) is 7.20. The zero-order valence-corrected chi connectivity index (χ0v) is 11.7. The molecule has 1 fully saturated rings. The van der Waals surface area contributed by atoms with Crippen molar-refractivity contribution in [3.8, 4) is 0 Å². The molecule has 0 radical (unpaired) electrons. The van der Waals surface area contributed by atoms with Crippen LogP contribution >= 0.6 is 27.3 Å². The van der Waals surface area contributed by atoms with Crippen LogP contribution in [0.2, 0.25) is 0 Å². The molecular formula is C11H14BrNO3S. The first-order chi connectivity index (χ1) is 8.25. The van der Waals surface area contributed by atoms with Gasteiger partial charge in [-0.1, -0.05) is 0 Å². The summed E-state index contributed by atoms with van der Waals surface area (Å²) in [7, 11) is 0. The van der Waals surface area contributed by atoms with Gasteiger partial charge in [-0.3, -0.25) is 4.79 Å². The van der Waals surface area contributed by atoms with Crippen LogP contribution in [0.3, 0.4) is 0 Å². The lowest BCUT2D eigenvalue weighted by Crippen LogP contribution is -2.22. The van der Waals surface area contributed by atoms with Crippen molar-refractivity contribution < 1.29 is 14.3 Å². The van der Waals surface area contributed by atoms with Crippen LogP contribution in [0.4, 0.5) is 5.69 Å². The van der Waals surface area contributed by atoms with Crippen molar-refractivity contribution >= 4 is 38.9 Å². The number of rotatable bonds is 5. The van der Waals surface area contributed by atoms with Crippen molar-refractivity contribution in [2.24, 2.45) is 0 Å². The summed E-state index contributed by atoms with van der Waals surface area (Å²) < 4.78 is 11.6. The summed E-state index contributed by atoms with van der Waals surface area (Å²) in [6.45, 7) is 1.38. The van der Waals surface area contributed by atoms with Gasteiger partial charge in [0.25, 0.3) is 0 Å². The third-order valence-corrected chi connectivity index (χ3v) is 4.15. The molecule has 1 aliphatic heterocycles. The standard InChI is InChI=1S/C11H14BrNO3S/c12-9-6-17-7-10(9)13-11(14)5-15-4-8-2-1-3-16-8/h6-8H,1-5H2,(H,13,14). The fourth-order valence-corrected chi connectivity index (χ4v) is 2.94. The Morgan fingerprint density at radius 2 is 2.53 bits per heavy atom. The molecule has 94 valence electrons. The van der Waals surface area contributed by atoms with E-state index in [0.717, 1.165) is 29.6 Å². The van der Waals surface area contributed by atoms with Gasteiger partial charge in [0.15, 0.2) is 0 Å². The largest absolute Gasteiger partial charge is 0.376 e. The number of halogens is 1. The van der Waals surface area contributed by atoms with Crippen LogP contribution in [-0.4, -0.2) is 31.8 Å². The Balaban J connectivity index is 1.65. The highest BCUT2D eigenvalue weighted by Crippen LogP contribution is 2.26. The summed E-state index contributed by atoms with van der Waals surface area (Å²) in [6.07, 6.45) is 2.27. The predicted molar refractivity (Wildman–Crippen MR) is 70.4 cm³/mol. The van der Waals surface area contributed by atoms with Gasteiger partial charge in [-0.25, -0.2) is 0 Å². The van der Waals surface area contributed by atoms with Gasteiger partial charge >= 0.3 is 0 Å². The number of ether oxygens (including phenoxy) is 2.